The molecule has 0 aliphatic rings. The van der Waals surface area contributed by atoms with Gasteiger partial charge in [0, 0.05) is 29.4 Å². The molecule has 0 saturated carbocycles. The van der Waals surface area contributed by atoms with Crippen LogP contribution in [-0.2, 0) is 11.2 Å². The third-order valence-electron chi connectivity index (χ3n) is 4.21. The lowest BCUT2D eigenvalue weighted by molar-refractivity contribution is -0.116. The molecule has 132 valence electrons. The summed E-state index contributed by atoms with van der Waals surface area (Å²) >= 11 is 1.36. The number of fused-ring (bicyclic) bond motifs is 2. The standard InChI is InChI=1S/C16H15N7O2S/c1-9-11(10(2)23-15(20-9)18-8-19-23)3-4-13(24)21-12-7-17-16-22(14(12)25)5-6-26-16/h5-8H,3-4H2,1-2H3,(H,21,24). The molecule has 26 heavy (non-hydrogen) atoms. The van der Waals surface area contributed by atoms with Crippen LogP contribution < -0.4 is 10.9 Å². The molecule has 0 radical (unpaired) electrons. The van der Waals surface area contributed by atoms with Gasteiger partial charge in [-0.25, -0.2) is 14.5 Å². The van der Waals surface area contributed by atoms with Crippen molar-refractivity contribution in [2.75, 3.05) is 5.32 Å². The van der Waals surface area contributed by atoms with E-state index in [-0.39, 0.29) is 23.6 Å². The zero-order valence-electron chi connectivity index (χ0n) is 14.1. The Balaban J connectivity index is 1.52. The summed E-state index contributed by atoms with van der Waals surface area (Å²) in [6, 6.07) is 0. The normalized spacial score (nSPS) is 11.3. The number of thiazole rings is 1. The first-order chi connectivity index (χ1) is 12.5. The van der Waals surface area contributed by atoms with Gasteiger partial charge in [0.2, 0.25) is 5.91 Å². The number of nitrogens with zero attached hydrogens (tertiary/aromatic N) is 6. The molecule has 10 heteroatoms. The van der Waals surface area contributed by atoms with Gasteiger partial charge >= 0.3 is 0 Å². The molecule has 0 spiro atoms. The van der Waals surface area contributed by atoms with E-state index >= 15 is 0 Å². The van der Waals surface area contributed by atoms with Gasteiger partial charge < -0.3 is 5.32 Å². The number of amides is 1. The van der Waals surface area contributed by atoms with Crippen molar-refractivity contribution < 1.29 is 4.79 Å². The number of anilines is 1. The molecule has 4 rings (SSSR count). The quantitative estimate of drug-likeness (QED) is 0.582. The number of carbonyl (C=O) groups excluding carboxylic acids is 1. The van der Waals surface area contributed by atoms with Crippen LogP contribution in [0.25, 0.3) is 10.7 Å². The summed E-state index contributed by atoms with van der Waals surface area (Å²) < 4.78 is 3.07. The highest BCUT2D eigenvalue weighted by Crippen LogP contribution is 2.15. The highest BCUT2D eigenvalue weighted by molar-refractivity contribution is 7.15. The molecule has 0 aromatic carbocycles. The van der Waals surface area contributed by atoms with E-state index in [0.717, 1.165) is 17.0 Å². The zero-order chi connectivity index (χ0) is 18.3. The number of rotatable bonds is 4. The zero-order valence-corrected chi connectivity index (χ0v) is 14.9. The van der Waals surface area contributed by atoms with E-state index in [1.165, 1.54) is 28.3 Å². The van der Waals surface area contributed by atoms with Crippen LogP contribution >= 0.6 is 11.3 Å². The van der Waals surface area contributed by atoms with Gasteiger partial charge in [-0.15, -0.1) is 11.3 Å². The number of hydrogen-bond donors (Lipinski definition) is 1. The fourth-order valence-electron chi connectivity index (χ4n) is 2.88. The largest absolute Gasteiger partial charge is 0.320 e. The van der Waals surface area contributed by atoms with E-state index in [2.05, 4.69) is 25.4 Å². The van der Waals surface area contributed by atoms with Gasteiger partial charge in [0.05, 0.1) is 6.20 Å². The number of hydrogen-bond acceptors (Lipinski definition) is 7. The molecule has 0 aliphatic carbocycles. The maximum absolute atomic E-state index is 12.3. The number of aryl methyl sites for hydroxylation is 2. The minimum atomic E-state index is -0.289. The van der Waals surface area contributed by atoms with E-state index in [4.69, 9.17) is 0 Å². The Morgan fingerprint density at radius 3 is 3.00 bits per heavy atom. The molecule has 0 unspecified atom stereocenters. The van der Waals surface area contributed by atoms with Crippen molar-refractivity contribution in [3.63, 3.8) is 0 Å². The van der Waals surface area contributed by atoms with Gasteiger partial charge in [0.15, 0.2) is 4.96 Å². The summed E-state index contributed by atoms with van der Waals surface area (Å²) in [6.45, 7) is 3.81. The number of aromatic nitrogens is 6. The van der Waals surface area contributed by atoms with E-state index in [9.17, 15) is 9.59 Å². The second-order valence-electron chi connectivity index (χ2n) is 5.81. The Labute approximate surface area is 151 Å². The maximum Gasteiger partial charge on any atom is 0.282 e. The highest BCUT2D eigenvalue weighted by atomic mass is 32.1. The van der Waals surface area contributed by atoms with Crippen molar-refractivity contribution >= 4 is 33.7 Å². The Morgan fingerprint density at radius 2 is 2.15 bits per heavy atom. The maximum atomic E-state index is 12.3. The van der Waals surface area contributed by atoms with Crippen LogP contribution in [0.1, 0.15) is 23.4 Å². The van der Waals surface area contributed by atoms with Crippen LogP contribution in [0.4, 0.5) is 5.69 Å². The fraction of sp³-hybridized carbons (Fsp3) is 0.250. The first kappa shape index (κ1) is 16.3. The van der Waals surface area contributed by atoms with E-state index in [0.29, 0.717) is 17.2 Å². The Kier molecular flexibility index (Phi) is 3.96. The van der Waals surface area contributed by atoms with E-state index in [1.807, 2.05) is 13.8 Å². The van der Waals surface area contributed by atoms with Crippen molar-refractivity contribution in [2.45, 2.75) is 26.7 Å². The molecule has 0 saturated heterocycles. The summed E-state index contributed by atoms with van der Waals surface area (Å²) in [6.07, 6.45) is 5.19. The lowest BCUT2D eigenvalue weighted by Gasteiger charge is -2.10. The van der Waals surface area contributed by atoms with Crippen LogP contribution in [0.2, 0.25) is 0 Å². The van der Waals surface area contributed by atoms with Gasteiger partial charge in [-0.05, 0) is 25.8 Å². The third-order valence-corrected chi connectivity index (χ3v) is 4.98. The molecule has 0 fully saturated rings. The van der Waals surface area contributed by atoms with Crippen molar-refractivity contribution in [1.29, 1.82) is 0 Å². The van der Waals surface area contributed by atoms with Crippen LogP contribution in [-0.4, -0.2) is 34.9 Å². The minimum Gasteiger partial charge on any atom is -0.320 e. The van der Waals surface area contributed by atoms with Crippen LogP contribution in [0.3, 0.4) is 0 Å². The second-order valence-corrected chi connectivity index (χ2v) is 6.69. The molecule has 0 bridgehead atoms. The predicted molar refractivity (Wildman–Crippen MR) is 96.5 cm³/mol. The predicted octanol–water partition coefficient (Wildman–Crippen LogP) is 1.38. The van der Waals surface area contributed by atoms with E-state index in [1.54, 1.807) is 16.1 Å². The average Bonchev–Trinajstić information content (AvgIpc) is 3.26. The van der Waals surface area contributed by atoms with Gasteiger partial charge in [-0.1, -0.05) is 0 Å². The van der Waals surface area contributed by atoms with E-state index < -0.39 is 0 Å². The molecular formula is C16H15N7O2S. The summed E-state index contributed by atoms with van der Waals surface area (Å²) in [4.78, 5) is 37.9. The molecule has 9 nitrogen and oxygen atoms in total. The first-order valence-electron chi connectivity index (χ1n) is 7.95. The first-order valence-corrected chi connectivity index (χ1v) is 8.83. The Hall–Kier alpha value is -3.14. The van der Waals surface area contributed by atoms with Crippen LogP contribution in [0.5, 0.6) is 0 Å². The van der Waals surface area contributed by atoms with Crippen molar-refractivity contribution in [3.05, 3.63) is 51.4 Å². The van der Waals surface area contributed by atoms with Crippen molar-refractivity contribution in [3.8, 4) is 0 Å². The fourth-order valence-corrected chi connectivity index (χ4v) is 3.55. The molecule has 1 amide bonds. The van der Waals surface area contributed by atoms with Crippen molar-refractivity contribution in [2.24, 2.45) is 0 Å². The second kappa shape index (κ2) is 6.30. The summed E-state index contributed by atoms with van der Waals surface area (Å²) in [5.74, 6) is 0.285. The van der Waals surface area contributed by atoms with Gasteiger partial charge in [-0.2, -0.15) is 10.1 Å². The Morgan fingerprint density at radius 1 is 1.31 bits per heavy atom. The SMILES string of the molecule is Cc1nc2ncnn2c(C)c1CCC(=O)Nc1cnc2sccn2c1=O. The molecule has 0 atom stereocenters. The molecule has 1 N–H and O–H groups in total. The topological polar surface area (TPSA) is 107 Å². The summed E-state index contributed by atoms with van der Waals surface area (Å²) in [5.41, 5.74) is 2.55. The summed E-state index contributed by atoms with van der Waals surface area (Å²) in [7, 11) is 0. The van der Waals surface area contributed by atoms with Gasteiger partial charge in [-0.3, -0.25) is 14.0 Å². The lowest BCUT2D eigenvalue weighted by Crippen LogP contribution is -2.22. The molecule has 4 heterocycles. The molecular weight excluding hydrogens is 354 g/mol. The Bertz CT molecular complexity index is 1190. The lowest BCUT2D eigenvalue weighted by atomic mass is 10.1. The average molecular weight is 369 g/mol. The van der Waals surface area contributed by atoms with Gasteiger partial charge in [0.25, 0.3) is 11.3 Å². The van der Waals surface area contributed by atoms with Crippen LogP contribution in [0.15, 0.2) is 28.9 Å². The molecule has 4 aromatic rings. The highest BCUT2D eigenvalue weighted by Gasteiger charge is 2.14. The minimum absolute atomic E-state index is 0.171. The molecule has 0 aliphatic heterocycles. The molecule has 4 aromatic heterocycles. The number of carbonyl (C=O) groups is 1. The monoisotopic (exact) mass is 369 g/mol. The smallest absolute Gasteiger partial charge is 0.282 e. The van der Waals surface area contributed by atoms with Gasteiger partial charge in [0.1, 0.15) is 12.0 Å². The van der Waals surface area contributed by atoms with Crippen molar-refractivity contribution in [1.82, 2.24) is 29.0 Å². The summed E-state index contributed by atoms with van der Waals surface area (Å²) in [5, 5.41) is 8.56. The number of nitrogens with one attached hydrogen (secondary N) is 1. The third kappa shape index (κ3) is 2.73. The van der Waals surface area contributed by atoms with Crippen LogP contribution in [0, 0.1) is 13.8 Å².